The molecular weight excluding hydrogens is 368 g/mol. The molecule has 0 atom stereocenters. The Balaban J connectivity index is 1.48. The van der Waals surface area contributed by atoms with Gasteiger partial charge >= 0.3 is 0 Å². The molecule has 0 saturated heterocycles. The zero-order valence-electron chi connectivity index (χ0n) is 17.1. The number of amides is 1. The number of carbonyl (C=O) groups excluding carboxylic acids is 1. The van der Waals surface area contributed by atoms with Gasteiger partial charge in [0.25, 0.3) is 5.91 Å². The highest BCUT2D eigenvalue weighted by Gasteiger charge is 2.25. The molecule has 2 aliphatic rings. The fourth-order valence-electron chi connectivity index (χ4n) is 4.20. The van der Waals surface area contributed by atoms with Gasteiger partial charge in [0, 0.05) is 25.3 Å². The van der Waals surface area contributed by atoms with Gasteiger partial charge in [-0.2, -0.15) is 0 Å². The second-order valence-electron chi connectivity index (χ2n) is 7.70. The van der Waals surface area contributed by atoms with E-state index in [1.54, 1.807) is 26.5 Å². The quantitative estimate of drug-likeness (QED) is 0.834. The Hall–Kier alpha value is -2.83. The van der Waals surface area contributed by atoms with E-state index in [9.17, 15) is 4.79 Å². The molecule has 29 heavy (non-hydrogen) atoms. The van der Waals surface area contributed by atoms with E-state index in [4.69, 9.17) is 9.47 Å². The Morgan fingerprint density at radius 2 is 1.83 bits per heavy atom. The molecule has 154 valence electrons. The maximum atomic E-state index is 13.1. The predicted molar refractivity (Wildman–Crippen MR) is 111 cm³/mol. The van der Waals surface area contributed by atoms with E-state index in [0.29, 0.717) is 36.5 Å². The van der Waals surface area contributed by atoms with Crippen LogP contribution in [0.1, 0.15) is 53.7 Å². The lowest BCUT2D eigenvalue weighted by atomic mass is 9.96. The van der Waals surface area contributed by atoms with Crippen LogP contribution in [-0.4, -0.2) is 47.6 Å². The smallest absolute Gasteiger partial charge is 0.272 e. The Bertz CT molecular complexity index is 880. The number of benzene rings is 1. The van der Waals surface area contributed by atoms with E-state index < -0.39 is 0 Å². The summed E-state index contributed by atoms with van der Waals surface area (Å²) in [6, 6.07) is 6.06. The summed E-state index contributed by atoms with van der Waals surface area (Å²) < 4.78 is 10.8. The molecule has 0 spiro atoms. The van der Waals surface area contributed by atoms with Crippen LogP contribution < -0.4 is 14.8 Å². The average molecular weight is 396 g/mol. The molecule has 4 rings (SSSR count). The summed E-state index contributed by atoms with van der Waals surface area (Å²) in [5.41, 5.74) is 2.70. The molecule has 2 aromatic rings. The Morgan fingerprint density at radius 1 is 1.10 bits per heavy atom. The van der Waals surface area contributed by atoms with Crippen molar-refractivity contribution in [3.05, 3.63) is 41.2 Å². The number of carbonyl (C=O) groups is 1. The standard InChI is InChI=1S/C22H28N4O3/c1-28-19-12-15-9-11-26(14-16(15)13-20(19)29-2)21(27)18-8-10-23-22(25-18)24-17-6-4-3-5-7-17/h8,10,12-13,17H,3-7,9,11,14H2,1-2H3,(H,23,24,25). The van der Waals surface area contributed by atoms with Crippen molar-refractivity contribution in [2.75, 3.05) is 26.1 Å². The summed E-state index contributed by atoms with van der Waals surface area (Å²) in [5, 5.41) is 3.40. The molecule has 7 heteroatoms. The maximum absolute atomic E-state index is 13.1. The SMILES string of the molecule is COc1cc2c(cc1OC)CN(C(=O)c1ccnc(NC3CCCCC3)n1)CC2. The number of fused-ring (bicyclic) bond motifs is 1. The minimum atomic E-state index is -0.0699. The minimum absolute atomic E-state index is 0.0699. The number of methoxy groups -OCH3 is 2. The number of nitrogens with zero attached hydrogens (tertiary/aromatic N) is 3. The molecule has 1 N–H and O–H groups in total. The van der Waals surface area contributed by atoms with E-state index in [2.05, 4.69) is 15.3 Å². The molecule has 1 aromatic carbocycles. The third-order valence-electron chi connectivity index (χ3n) is 5.82. The molecular formula is C22H28N4O3. The maximum Gasteiger partial charge on any atom is 0.272 e. The van der Waals surface area contributed by atoms with Gasteiger partial charge in [0.05, 0.1) is 14.2 Å². The predicted octanol–water partition coefficient (Wildman–Crippen LogP) is 3.44. The molecule has 1 saturated carbocycles. The van der Waals surface area contributed by atoms with Gasteiger partial charge in [-0.1, -0.05) is 19.3 Å². The van der Waals surface area contributed by atoms with Gasteiger partial charge in [-0.05, 0) is 48.6 Å². The highest BCUT2D eigenvalue weighted by molar-refractivity contribution is 5.92. The lowest BCUT2D eigenvalue weighted by molar-refractivity contribution is 0.0728. The third-order valence-corrected chi connectivity index (χ3v) is 5.82. The van der Waals surface area contributed by atoms with Crippen LogP contribution in [0.2, 0.25) is 0 Å². The van der Waals surface area contributed by atoms with Crippen LogP contribution in [0.3, 0.4) is 0 Å². The lowest BCUT2D eigenvalue weighted by Gasteiger charge is -2.29. The summed E-state index contributed by atoms with van der Waals surface area (Å²) in [6.07, 6.45) is 8.47. The highest BCUT2D eigenvalue weighted by atomic mass is 16.5. The van der Waals surface area contributed by atoms with Crippen LogP contribution >= 0.6 is 0 Å². The highest BCUT2D eigenvalue weighted by Crippen LogP contribution is 2.33. The largest absolute Gasteiger partial charge is 0.493 e. The first kappa shape index (κ1) is 19.5. The molecule has 0 bridgehead atoms. The van der Waals surface area contributed by atoms with Crippen molar-refractivity contribution in [1.82, 2.24) is 14.9 Å². The Labute approximate surface area is 171 Å². The second kappa shape index (κ2) is 8.68. The van der Waals surface area contributed by atoms with Crippen molar-refractivity contribution in [2.24, 2.45) is 0 Å². The van der Waals surface area contributed by atoms with Gasteiger partial charge in [0.15, 0.2) is 11.5 Å². The van der Waals surface area contributed by atoms with Crippen LogP contribution in [0.25, 0.3) is 0 Å². The Morgan fingerprint density at radius 3 is 2.55 bits per heavy atom. The summed E-state index contributed by atoms with van der Waals surface area (Å²) in [7, 11) is 3.26. The molecule has 0 unspecified atom stereocenters. The number of anilines is 1. The van der Waals surface area contributed by atoms with Gasteiger partial charge in [0.2, 0.25) is 5.95 Å². The topological polar surface area (TPSA) is 76.6 Å². The minimum Gasteiger partial charge on any atom is -0.493 e. The van der Waals surface area contributed by atoms with E-state index in [1.807, 2.05) is 17.0 Å². The van der Waals surface area contributed by atoms with Gasteiger partial charge in [-0.15, -0.1) is 0 Å². The van der Waals surface area contributed by atoms with E-state index >= 15 is 0 Å². The monoisotopic (exact) mass is 396 g/mol. The molecule has 1 aromatic heterocycles. The van der Waals surface area contributed by atoms with Gasteiger partial charge < -0.3 is 19.7 Å². The Kier molecular flexibility index (Phi) is 5.83. The number of nitrogens with one attached hydrogen (secondary N) is 1. The van der Waals surface area contributed by atoms with E-state index in [1.165, 1.54) is 24.8 Å². The van der Waals surface area contributed by atoms with Crippen LogP contribution in [0.5, 0.6) is 11.5 Å². The number of aromatic nitrogens is 2. The molecule has 2 heterocycles. The van der Waals surface area contributed by atoms with Crippen LogP contribution in [-0.2, 0) is 13.0 Å². The van der Waals surface area contributed by atoms with Crippen molar-refractivity contribution in [3.63, 3.8) is 0 Å². The zero-order chi connectivity index (χ0) is 20.2. The first-order valence-electron chi connectivity index (χ1n) is 10.3. The normalized spacial score (nSPS) is 16.8. The van der Waals surface area contributed by atoms with Crippen molar-refractivity contribution in [1.29, 1.82) is 0 Å². The molecule has 7 nitrogen and oxygen atoms in total. The zero-order valence-corrected chi connectivity index (χ0v) is 17.1. The fraction of sp³-hybridized carbons (Fsp3) is 0.500. The third kappa shape index (κ3) is 4.28. The summed E-state index contributed by atoms with van der Waals surface area (Å²) >= 11 is 0. The van der Waals surface area contributed by atoms with E-state index in [-0.39, 0.29) is 5.91 Å². The summed E-state index contributed by atoms with van der Waals surface area (Å²) in [4.78, 5) is 23.7. The lowest BCUT2D eigenvalue weighted by Crippen LogP contribution is -2.36. The number of hydrogen-bond acceptors (Lipinski definition) is 6. The van der Waals surface area contributed by atoms with Crippen molar-refractivity contribution < 1.29 is 14.3 Å². The van der Waals surface area contributed by atoms with Gasteiger partial charge in [-0.25, -0.2) is 9.97 Å². The van der Waals surface area contributed by atoms with E-state index in [0.717, 1.165) is 30.6 Å². The van der Waals surface area contributed by atoms with Crippen LogP contribution in [0, 0.1) is 0 Å². The first-order chi connectivity index (χ1) is 14.2. The first-order valence-corrected chi connectivity index (χ1v) is 10.3. The van der Waals surface area contributed by atoms with Gasteiger partial charge in [0.1, 0.15) is 5.69 Å². The van der Waals surface area contributed by atoms with Gasteiger partial charge in [-0.3, -0.25) is 4.79 Å². The van der Waals surface area contributed by atoms with Crippen molar-refractivity contribution >= 4 is 11.9 Å². The molecule has 1 aliphatic carbocycles. The molecule has 0 radical (unpaired) electrons. The molecule has 1 fully saturated rings. The number of hydrogen-bond donors (Lipinski definition) is 1. The molecule has 1 amide bonds. The van der Waals surface area contributed by atoms with Crippen LogP contribution in [0.4, 0.5) is 5.95 Å². The number of ether oxygens (including phenoxy) is 2. The number of rotatable bonds is 5. The summed E-state index contributed by atoms with van der Waals surface area (Å²) in [6.45, 7) is 1.18. The van der Waals surface area contributed by atoms with Crippen molar-refractivity contribution in [2.45, 2.75) is 51.1 Å². The second-order valence-corrected chi connectivity index (χ2v) is 7.70. The molecule has 1 aliphatic heterocycles. The van der Waals surface area contributed by atoms with Crippen molar-refractivity contribution in [3.8, 4) is 11.5 Å². The fourth-order valence-corrected chi connectivity index (χ4v) is 4.20. The summed E-state index contributed by atoms with van der Waals surface area (Å²) in [5.74, 6) is 1.88. The van der Waals surface area contributed by atoms with Crippen LogP contribution in [0.15, 0.2) is 24.4 Å². The average Bonchev–Trinajstić information content (AvgIpc) is 2.78.